The second kappa shape index (κ2) is 5.80. The first kappa shape index (κ1) is 14.4. The summed E-state index contributed by atoms with van der Waals surface area (Å²) in [5.41, 5.74) is 5.55. The minimum Gasteiger partial charge on any atom is -0.368 e. The number of sulfone groups is 1. The SMILES string of the molecule is CN(C)c1nc(N)nc(NCCCS(C)(=O)=O)n1. The Hall–Kier alpha value is -1.64. The predicted octanol–water partition coefficient (Wildman–Crippen LogP) is -0.634. The van der Waals surface area contributed by atoms with E-state index in [1.54, 1.807) is 19.0 Å². The van der Waals surface area contributed by atoms with Crippen molar-refractivity contribution < 1.29 is 8.42 Å². The van der Waals surface area contributed by atoms with E-state index < -0.39 is 9.84 Å². The summed E-state index contributed by atoms with van der Waals surface area (Å²) < 4.78 is 21.9. The Balaban J connectivity index is 2.57. The zero-order chi connectivity index (χ0) is 13.8. The Bertz CT molecular complexity index is 502. The van der Waals surface area contributed by atoms with E-state index in [-0.39, 0.29) is 11.7 Å². The fraction of sp³-hybridized carbons (Fsp3) is 0.667. The molecule has 1 aromatic rings. The van der Waals surface area contributed by atoms with Gasteiger partial charge in [0.15, 0.2) is 0 Å². The predicted molar refractivity (Wildman–Crippen MR) is 71.4 cm³/mol. The van der Waals surface area contributed by atoms with Gasteiger partial charge in [0.25, 0.3) is 0 Å². The molecule has 0 aliphatic rings. The molecule has 8 nitrogen and oxygen atoms in total. The third-order valence-electron chi connectivity index (χ3n) is 2.02. The van der Waals surface area contributed by atoms with Crippen molar-refractivity contribution in [2.24, 2.45) is 0 Å². The number of hydrogen-bond donors (Lipinski definition) is 2. The summed E-state index contributed by atoms with van der Waals surface area (Å²) in [5, 5.41) is 2.92. The lowest BCUT2D eigenvalue weighted by molar-refractivity contribution is 0.600. The van der Waals surface area contributed by atoms with Gasteiger partial charge in [-0.15, -0.1) is 0 Å². The number of nitrogen functional groups attached to an aromatic ring is 1. The van der Waals surface area contributed by atoms with Gasteiger partial charge < -0.3 is 16.0 Å². The standard InChI is InChI=1S/C9H18N6O2S/c1-15(2)9-13-7(10)12-8(14-9)11-5-4-6-18(3,16)17/h4-6H2,1-3H3,(H3,10,11,12,13,14). The van der Waals surface area contributed by atoms with Gasteiger partial charge in [0.1, 0.15) is 9.84 Å². The van der Waals surface area contributed by atoms with Gasteiger partial charge in [-0.3, -0.25) is 0 Å². The van der Waals surface area contributed by atoms with Crippen molar-refractivity contribution in [3.05, 3.63) is 0 Å². The molecule has 1 heterocycles. The summed E-state index contributed by atoms with van der Waals surface area (Å²) in [6.07, 6.45) is 1.69. The van der Waals surface area contributed by atoms with Crippen LogP contribution in [0.15, 0.2) is 0 Å². The van der Waals surface area contributed by atoms with Crippen LogP contribution in [0.25, 0.3) is 0 Å². The lowest BCUT2D eigenvalue weighted by Crippen LogP contribution is -2.17. The largest absolute Gasteiger partial charge is 0.368 e. The lowest BCUT2D eigenvalue weighted by atomic mass is 10.5. The van der Waals surface area contributed by atoms with E-state index >= 15 is 0 Å². The molecule has 0 saturated carbocycles. The maximum Gasteiger partial charge on any atom is 0.231 e. The number of aromatic nitrogens is 3. The number of nitrogens with one attached hydrogen (secondary N) is 1. The van der Waals surface area contributed by atoms with E-state index in [0.717, 1.165) is 0 Å². The molecular formula is C9H18N6O2S. The third kappa shape index (κ3) is 5.13. The van der Waals surface area contributed by atoms with E-state index in [4.69, 9.17) is 5.73 Å². The summed E-state index contributed by atoms with van der Waals surface area (Å²) in [6.45, 7) is 0.462. The minimum absolute atomic E-state index is 0.124. The van der Waals surface area contributed by atoms with E-state index in [9.17, 15) is 8.42 Å². The van der Waals surface area contributed by atoms with Crippen LogP contribution in [0, 0.1) is 0 Å². The molecule has 0 unspecified atom stereocenters. The summed E-state index contributed by atoms with van der Waals surface area (Å²) in [5.74, 6) is 1.05. The summed E-state index contributed by atoms with van der Waals surface area (Å²) in [7, 11) is 0.653. The smallest absolute Gasteiger partial charge is 0.231 e. The van der Waals surface area contributed by atoms with Gasteiger partial charge in [0.2, 0.25) is 17.8 Å². The third-order valence-corrected chi connectivity index (χ3v) is 3.05. The Kier molecular flexibility index (Phi) is 4.65. The number of hydrogen-bond acceptors (Lipinski definition) is 8. The summed E-state index contributed by atoms with van der Waals surface area (Å²) in [4.78, 5) is 13.7. The van der Waals surface area contributed by atoms with Gasteiger partial charge in [-0.2, -0.15) is 15.0 Å². The highest BCUT2D eigenvalue weighted by molar-refractivity contribution is 7.90. The zero-order valence-corrected chi connectivity index (χ0v) is 11.5. The molecule has 0 saturated heterocycles. The average Bonchev–Trinajstić information content (AvgIpc) is 2.22. The number of nitrogens with zero attached hydrogens (tertiary/aromatic N) is 4. The molecule has 0 aliphatic carbocycles. The van der Waals surface area contributed by atoms with Crippen LogP contribution >= 0.6 is 0 Å². The van der Waals surface area contributed by atoms with Gasteiger partial charge in [0, 0.05) is 26.9 Å². The second-order valence-corrected chi connectivity index (χ2v) is 6.38. The Morgan fingerprint density at radius 2 is 1.94 bits per heavy atom. The molecular weight excluding hydrogens is 256 g/mol. The van der Waals surface area contributed by atoms with Crippen molar-refractivity contribution in [2.45, 2.75) is 6.42 Å². The molecule has 0 radical (unpaired) electrons. The summed E-state index contributed by atoms with van der Waals surface area (Å²) in [6, 6.07) is 0. The lowest BCUT2D eigenvalue weighted by Gasteiger charge is -2.12. The first-order valence-corrected chi connectivity index (χ1v) is 7.44. The van der Waals surface area contributed by atoms with Crippen molar-refractivity contribution in [1.29, 1.82) is 0 Å². The van der Waals surface area contributed by atoms with E-state index in [2.05, 4.69) is 20.3 Å². The molecule has 0 spiro atoms. The van der Waals surface area contributed by atoms with Crippen molar-refractivity contribution in [2.75, 3.05) is 48.6 Å². The van der Waals surface area contributed by atoms with Gasteiger partial charge in [-0.25, -0.2) is 8.42 Å². The molecule has 3 N–H and O–H groups in total. The maximum atomic E-state index is 10.9. The quantitative estimate of drug-likeness (QED) is 0.659. The number of anilines is 3. The van der Waals surface area contributed by atoms with Crippen molar-refractivity contribution >= 4 is 27.7 Å². The highest BCUT2D eigenvalue weighted by atomic mass is 32.2. The van der Waals surface area contributed by atoms with Crippen LogP contribution in [0.1, 0.15) is 6.42 Å². The van der Waals surface area contributed by atoms with Crippen molar-refractivity contribution in [3.63, 3.8) is 0 Å². The fourth-order valence-corrected chi connectivity index (χ4v) is 1.86. The van der Waals surface area contributed by atoms with Crippen LogP contribution in [-0.4, -0.2) is 56.0 Å². The molecule has 1 aromatic heterocycles. The maximum absolute atomic E-state index is 10.9. The number of nitrogens with two attached hydrogens (primary N) is 1. The minimum atomic E-state index is -2.93. The van der Waals surface area contributed by atoms with Crippen LogP contribution in [0.2, 0.25) is 0 Å². The molecule has 0 fully saturated rings. The van der Waals surface area contributed by atoms with E-state index in [0.29, 0.717) is 24.9 Å². The Morgan fingerprint density at radius 1 is 1.28 bits per heavy atom. The molecule has 0 amide bonds. The zero-order valence-electron chi connectivity index (χ0n) is 10.7. The topological polar surface area (TPSA) is 114 Å². The highest BCUT2D eigenvalue weighted by Crippen LogP contribution is 2.08. The van der Waals surface area contributed by atoms with Gasteiger partial charge in [-0.05, 0) is 6.42 Å². The van der Waals surface area contributed by atoms with Crippen LogP contribution < -0.4 is 16.0 Å². The van der Waals surface area contributed by atoms with Crippen LogP contribution in [0.5, 0.6) is 0 Å². The molecule has 0 aliphatic heterocycles. The summed E-state index contributed by atoms with van der Waals surface area (Å²) >= 11 is 0. The normalized spacial score (nSPS) is 11.3. The van der Waals surface area contributed by atoms with Gasteiger partial charge in [0.05, 0.1) is 5.75 Å². The van der Waals surface area contributed by atoms with Crippen LogP contribution in [0.3, 0.4) is 0 Å². The van der Waals surface area contributed by atoms with Crippen molar-refractivity contribution in [1.82, 2.24) is 15.0 Å². The molecule has 0 bridgehead atoms. The Morgan fingerprint density at radius 3 is 2.50 bits per heavy atom. The molecule has 0 atom stereocenters. The molecule has 9 heteroatoms. The average molecular weight is 274 g/mol. The highest BCUT2D eigenvalue weighted by Gasteiger charge is 2.06. The first-order chi connectivity index (χ1) is 8.28. The van der Waals surface area contributed by atoms with Gasteiger partial charge >= 0.3 is 0 Å². The number of rotatable bonds is 6. The van der Waals surface area contributed by atoms with Gasteiger partial charge in [-0.1, -0.05) is 0 Å². The molecule has 1 rings (SSSR count). The molecule has 102 valence electrons. The van der Waals surface area contributed by atoms with Crippen LogP contribution in [-0.2, 0) is 9.84 Å². The molecule has 0 aromatic carbocycles. The first-order valence-electron chi connectivity index (χ1n) is 5.38. The van der Waals surface area contributed by atoms with Crippen LogP contribution in [0.4, 0.5) is 17.8 Å². The fourth-order valence-electron chi connectivity index (χ4n) is 1.19. The van der Waals surface area contributed by atoms with E-state index in [1.165, 1.54) is 6.26 Å². The molecule has 18 heavy (non-hydrogen) atoms. The Labute approximate surface area is 107 Å². The van der Waals surface area contributed by atoms with E-state index in [1.807, 2.05) is 0 Å². The second-order valence-electron chi connectivity index (χ2n) is 4.12. The monoisotopic (exact) mass is 274 g/mol. The van der Waals surface area contributed by atoms with Crippen molar-refractivity contribution in [3.8, 4) is 0 Å².